The zero-order chi connectivity index (χ0) is 15.8. The molecule has 5 heteroatoms. The lowest BCUT2D eigenvalue weighted by Crippen LogP contribution is -2.42. The molecule has 2 saturated carbocycles. The molecule has 2 bridgehead atoms. The number of carbonyl (C=O) groups excluding carboxylic acids is 1. The number of carbonyl (C=O) groups is 1. The fraction of sp³-hybridized carbons (Fsp3) is 0.444. The smallest absolute Gasteiger partial charge is 0.231 e. The molecule has 4 unspecified atom stereocenters. The Kier molecular flexibility index (Phi) is 3.91. The Balaban J connectivity index is 1.41. The van der Waals surface area contributed by atoms with Crippen LogP contribution in [0.25, 0.3) is 0 Å². The summed E-state index contributed by atoms with van der Waals surface area (Å²) in [6.07, 6.45) is 6.16. The molecule has 3 N–H and O–H groups in total. The van der Waals surface area contributed by atoms with Gasteiger partial charge in [0.2, 0.25) is 5.91 Å². The minimum Gasteiger partial charge on any atom is -0.327 e. The van der Waals surface area contributed by atoms with Crippen molar-refractivity contribution in [3.8, 4) is 0 Å². The van der Waals surface area contributed by atoms with Crippen LogP contribution in [0.2, 0.25) is 0 Å². The summed E-state index contributed by atoms with van der Waals surface area (Å²) in [4.78, 5) is 18.1. The van der Waals surface area contributed by atoms with Gasteiger partial charge in [0.25, 0.3) is 0 Å². The third kappa shape index (κ3) is 2.91. The van der Waals surface area contributed by atoms with Crippen LogP contribution in [-0.4, -0.2) is 16.9 Å². The van der Waals surface area contributed by atoms with Crippen LogP contribution in [0.15, 0.2) is 36.5 Å². The van der Waals surface area contributed by atoms with Crippen molar-refractivity contribution >= 4 is 22.4 Å². The molecule has 1 heterocycles. The van der Waals surface area contributed by atoms with Gasteiger partial charge in [0.05, 0.1) is 5.92 Å². The highest BCUT2D eigenvalue weighted by Crippen LogP contribution is 2.48. The Labute approximate surface area is 140 Å². The van der Waals surface area contributed by atoms with Gasteiger partial charge < -0.3 is 11.1 Å². The Hall–Kier alpha value is -1.72. The van der Waals surface area contributed by atoms with E-state index in [1.165, 1.54) is 12.0 Å². The van der Waals surface area contributed by atoms with E-state index >= 15 is 0 Å². The molecule has 0 radical (unpaired) electrons. The number of fused-ring (bicyclic) bond motifs is 2. The summed E-state index contributed by atoms with van der Waals surface area (Å²) >= 11 is 1.55. The van der Waals surface area contributed by atoms with Crippen molar-refractivity contribution in [1.82, 2.24) is 4.98 Å². The summed E-state index contributed by atoms with van der Waals surface area (Å²) in [6, 6.07) is 10.3. The average Bonchev–Trinajstić information content (AvgIpc) is 3.25. The minimum atomic E-state index is -0.0322. The fourth-order valence-electron chi connectivity index (χ4n) is 4.16. The lowest BCUT2D eigenvalue weighted by molar-refractivity contribution is -0.121. The molecule has 0 aliphatic heterocycles. The molecule has 1 aromatic heterocycles. The molecule has 2 aromatic rings. The summed E-state index contributed by atoms with van der Waals surface area (Å²) in [5.41, 5.74) is 7.50. The maximum absolute atomic E-state index is 12.6. The molecular weight excluding hydrogens is 306 g/mol. The van der Waals surface area contributed by atoms with E-state index in [0.717, 1.165) is 24.1 Å². The SMILES string of the molecule is NC1C2CCC(C2)C1C(=O)Nc1ncc(Cc2ccccc2)s1. The first kappa shape index (κ1) is 14.8. The Morgan fingerprint density at radius 1 is 1.26 bits per heavy atom. The van der Waals surface area contributed by atoms with Crippen molar-refractivity contribution in [2.75, 3.05) is 5.32 Å². The van der Waals surface area contributed by atoms with E-state index < -0.39 is 0 Å². The number of rotatable bonds is 4. The third-order valence-electron chi connectivity index (χ3n) is 5.29. The topological polar surface area (TPSA) is 68.0 Å². The van der Waals surface area contributed by atoms with Crippen molar-refractivity contribution in [2.45, 2.75) is 31.7 Å². The second-order valence-electron chi connectivity index (χ2n) is 6.72. The van der Waals surface area contributed by atoms with Crippen LogP contribution in [0.4, 0.5) is 5.13 Å². The van der Waals surface area contributed by atoms with E-state index in [9.17, 15) is 4.79 Å². The number of aromatic nitrogens is 1. The van der Waals surface area contributed by atoms with Crippen LogP contribution >= 0.6 is 11.3 Å². The summed E-state index contributed by atoms with van der Waals surface area (Å²) in [7, 11) is 0. The standard InChI is InChI=1S/C18H21N3OS/c19-16-13-7-6-12(9-13)15(16)17(22)21-18-20-10-14(23-18)8-11-4-2-1-3-5-11/h1-5,10,12-13,15-16H,6-9,19H2,(H,20,21,22). The predicted molar refractivity (Wildman–Crippen MR) is 92.3 cm³/mol. The summed E-state index contributed by atoms with van der Waals surface area (Å²) in [5.74, 6) is 1.04. The van der Waals surface area contributed by atoms with Crippen molar-refractivity contribution in [3.05, 3.63) is 47.0 Å². The lowest BCUT2D eigenvalue weighted by atomic mass is 9.84. The zero-order valence-electron chi connectivity index (χ0n) is 12.9. The van der Waals surface area contributed by atoms with Gasteiger partial charge in [-0.2, -0.15) is 0 Å². The van der Waals surface area contributed by atoms with E-state index in [1.807, 2.05) is 24.4 Å². The summed E-state index contributed by atoms with van der Waals surface area (Å²) in [6.45, 7) is 0. The lowest BCUT2D eigenvalue weighted by Gasteiger charge is -2.26. The number of anilines is 1. The summed E-state index contributed by atoms with van der Waals surface area (Å²) < 4.78 is 0. The molecule has 4 atom stereocenters. The molecule has 2 aliphatic carbocycles. The van der Waals surface area contributed by atoms with Gasteiger partial charge in [0.15, 0.2) is 5.13 Å². The number of hydrogen-bond donors (Lipinski definition) is 2. The molecule has 23 heavy (non-hydrogen) atoms. The molecule has 0 spiro atoms. The Morgan fingerprint density at radius 2 is 2.04 bits per heavy atom. The fourth-order valence-corrected chi connectivity index (χ4v) is 5.01. The first-order valence-corrected chi connectivity index (χ1v) is 9.07. The Bertz CT molecular complexity index is 697. The van der Waals surface area contributed by atoms with Gasteiger partial charge in [-0.05, 0) is 36.7 Å². The molecule has 4 rings (SSSR count). The van der Waals surface area contributed by atoms with Crippen LogP contribution in [0, 0.1) is 17.8 Å². The molecule has 2 aliphatic rings. The van der Waals surface area contributed by atoms with Gasteiger partial charge in [-0.1, -0.05) is 30.3 Å². The quantitative estimate of drug-likeness (QED) is 0.907. The maximum Gasteiger partial charge on any atom is 0.231 e. The minimum absolute atomic E-state index is 0.0255. The highest BCUT2D eigenvalue weighted by molar-refractivity contribution is 7.15. The maximum atomic E-state index is 12.6. The van der Waals surface area contributed by atoms with Crippen LogP contribution in [0.3, 0.4) is 0 Å². The first-order valence-electron chi connectivity index (χ1n) is 8.26. The molecule has 1 aromatic carbocycles. The number of nitrogens with zero attached hydrogens (tertiary/aromatic N) is 1. The van der Waals surface area contributed by atoms with Gasteiger partial charge in [-0.15, -0.1) is 11.3 Å². The molecule has 1 amide bonds. The first-order chi connectivity index (χ1) is 11.2. The number of thiazole rings is 1. The second kappa shape index (κ2) is 6.06. The number of amides is 1. The molecule has 2 fully saturated rings. The molecular formula is C18H21N3OS. The van der Waals surface area contributed by atoms with Crippen LogP contribution in [-0.2, 0) is 11.2 Å². The summed E-state index contributed by atoms with van der Waals surface area (Å²) in [5, 5.41) is 3.68. The van der Waals surface area contributed by atoms with Crippen molar-refractivity contribution in [1.29, 1.82) is 0 Å². The van der Waals surface area contributed by atoms with E-state index in [2.05, 4.69) is 22.4 Å². The average molecular weight is 327 g/mol. The monoisotopic (exact) mass is 327 g/mol. The number of hydrogen-bond acceptors (Lipinski definition) is 4. The van der Waals surface area contributed by atoms with Gasteiger partial charge in [-0.3, -0.25) is 4.79 Å². The highest BCUT2D eigenvalue weighted by Gasteiger charge is 2.49. The largest absolute Gasteiger partial charge is 0.327 e. The normalized spacial score (nSPS) is 28.9. The van der Waals surface area contributed by atoms with Crippen molar-refractivity contribution in [2.24, 2.45) is 23.5 Å². The van der Waals surface area contributed by atoms with Crippen molar-refractivity contribution in [3.63, 3.8) is 0 Å². The van der Waals surface area contributed by atoms with Crippen LogP contribution in [0.5, 0.6) is 0 Å². The predicted octanol–water partition coefficient (Wildman–Crippen LogP) is 3.05. The van der Waals surface area contributed by atoms with Gasteiger partial charge in [0, 0.05) is 23.5 Å². The second-order valence-corrected chi connectivity index (χ2v) is 7.83. The van der Waals surface area contributed by atoms with E-state index in [-0.39, 0.29) is 17.9 Å². The molecule has 4 nitrogen and oxygen atoms in total. The number of benzene rings is 1. The van der Waals surface area contributed by atoms with E-state index in [4.69, 9.17) is 5.73 Å². The number of nitrogens with one attached hydrogen (secondary N) is 1. The third-order valence-corrected chi connectivity index (χ3v) is 6.20. The van der Waals surface area contributed by atoms with Crippen molar-refractivity contribution < 1.29 is 4.79 Å². The Morgan fingerprint density at radius 3 is 2.78 bits per heavy atom. The molecule has 120 valence electrons. The number of nitrogens with two attached hydrogens (primary N) is 1. The van der Waals surface area contributed by atoms with Gasteiger partial charge in [0.1, 0.15) is 0 Å². The van der Waals surface area contributed by atoms with Gasteiger partial charge in [-0.25, -0.2) is 4.98 Å². The van der Waals surface area contributed by atoms with E-state index in [1.54, 1.807) is 11.3 Å². The van der Waals surface area contributed by atoms with Crippen LogP contribution < -0.4 is 11.1 Å². The highest BCUT2D eigenvalue weighted by atomic mass is 32.1. The molecule has 0 saturated heterocycles. The van der Waals surface area contributed by atoms with Gasteiger partial charge >= 0.3 is 0 Å². The van der Waals surface area contributed by atoms with Crippen LogP contribution in [0.1, 0.15) is 29.7 Å². The zero-order valence-corrected chi connectivity index (χ0v) is 13.8. The van der Waals surface area contributed by atoms with E-state index in [0.29, 0.717) is 17.0 Å².